The molecule has 0 spiro atoms. The molecule has 1 aromatic rings. The predicted molar refractivity (Wildman–Crippen MR) is 70.0 cm³/mol. The lowest BCUT2D eigenvalue weighted by Crippen LogP contribution is -2.41. The number of nitrogen functional groups attached to an aromatic ring is 1. The number of likely N-dealkylation sites (tertiary alicyclic amines) is 1. The van der Waals surface area contributed by atoms with Gasteiger partial charge in [-0.1, -0.05) is 12.1 Å². The number of aliphatic hydroxyl groups excluding tert-OH is 1. The second-order valence-corrected chi connectivity index (χ2v) is 4.63. The summed E-state index contributed by atoms with van der Waals surface area (Å²) in [6, 6.07) is 7.20. The zero-order valence-corrected chi connectivity index (χ0v) is 10.3. The number of carbonyl (C=O) groups is 1. The van der Waals surface area contributed by atoms with Gasteiger partial charge in [0.05, 0.1) is 11.3 Å². The summed E-state index contributed by atoms with van der Waals surface area (Å²) in [5.74, 6) is 5.58. The van der Waals surface area contributed by atoms with Crippen molar-refractivity contribution in [2.45, 2.75) is 12.8 Å². The molecular weight excluding hydrogens is 230 g/mol. The fraction of sp³-hybridized carbons (Fsp3) is 0.462. The highest BCUT2D eigenvalue weighted by Crippen LogP contribution is 2.21. The average Bonchev–Trinajstić information content (AvgIpc) is 2.46. The molecule has 1 aromatic carbocycles. The summed E-state index contributed by atoms with van der Waals surface area (Å²) >= 11 is 0. The van der Waals surface area contributed by atoms with Crippen LogP contribution in [0.15, 0.2) is 24.3 Å². The van der Waals surface area contributed by atoms with Crippen LogP contribution in [0.2, 0.25) is 0 Å². The number of rotatable bonds is 3. The van der Waals surface area contributed by atoms with Crippen LogP contribution in [0.5, 0.6) is 0 Å². The maximum atomic E-state index is 12.4. The molecule has 0 saturated carbocycles. The highest BCUT2D eigenvalue weighted by molar-refractivity contribution is 5.99. The Morgan fingerprint density at radius 1 is 1.50 bits per heavy atom. The molecule has 5 nitrogen and oxygen atoms in total. The maximum absolute atomic E-state index is 12.4. The van der Waals surface area contributed by atoms with Gasteiger partial charge in [-0.2, -0.15) is 0 Å². The van der Waals surface area contributed by atoms with Gasteiger partial charge < -0.3 is 15.4 Å². The molecule has 1 heterocycles. The summed E-state index contributed by atoms with van der Waals surface area (Å²) in [7, 11) is 0. The van der Waals surface area contributed by atoms with Crippen LogP contribution in [0.25, 0.3) is 0 Å². The van der Waals surface area contributed by atoms with Crippen molar-refractivity contribution in [3.8, 4) is 0 Å². The van der Waals surface area contributed by atoms with Crippen molar-refractivity contribution in [3.63, 3.8) is 0 Å². The molecule has 4 N–H and O–H groups in total. The Balaban J connectivity index is 2.15. The van der Waals surface area contributed by atoms with Gasteiger partial charge in [-0.25, -0.2) is 0 Å². The van der Waals surface area contributed by atoms with Crippen LogP contribution in [0.3, 0.4) is 0 Å². The molecule has 1 saturated heterocycles. The molecule has 1 unspecified atom stereocenters. The fourth-order valence-electron chi connectivity index (χ4n) is 2.36. The molecule has 1 fully saturated rings. The van der Waals surface area contributed by atoms with Crippen LogP contribution in [-0.4, -0.2) is 35.6 Å². The van der Waals surface area contributed by atoms with Crippen molar-refractivity contribution in [2.75, 3.05) is 25.1 Å². The average molecular weight is 249 g/mol. The first-order valence-corrected chi connectivity index (χ1v) is 6.22. The number of benzene rings is 1. The zero-order chi connectivity index (χ0) is 13.0. The SMILES string of the molecule is NNc1ccccc1C(=O)N1CCCC(CO)C1. The highest BCUT2D eigenvalue weighted by Gasteiger charge is 2.25. The minimum atomic E-state index is -0.0262. The number of hydrogen-bond donors (Lipinski definition) is 3. The largest absolute Gasteiger partial charge is 0.396 e. The lowest BCUT2D eigenvalue weighted by Gasteiger charge is -2.32. The Hall–Kier alpha value is -1.59. The van der Waals surface area contributed by atoms with E-state index in [-0.39, 0.29) is 18.4 Å². The molecule has 1 aliphatic rings. The Labute approximate surface area is 107 Å². The Morgan fingerprint density at radius 3 is 3.00 bits per heavy atom. The Bertz CT molecular complexity index is 422. The molecule has 0 radical (unpaired) electrons. The second-order valence-electron chi connectivity index (χ2n) is 4.63. The van der Waals surface area contributed by atoms with Gasteiger partial charge in [-0.15, -0.1) is 0 Å². The maximum Gasteiger partial charge on any atom is 0.256 e. The van der Waals surface area contributed by atoms with Crippen molar-refractivity contribution in [3.05, 3.63) is 29.8 Å². The molecule has 2 rings (SSSR count). The van der Waals surface area contributed by atoms with Crippen molar-refractivity contribution in [2.24, 2.45) is 11.8 Å². The molecule has 98 valence electrons. The predicted octanol–water partition coefficient (Wildman–Crippen LogP) is 0.817. The Morgan fingerprint density at radius 2 is 2.28 bits per heavy atom. The van der Waals surface area contributed by atoms with Gasteiger partial charge in [0.1, 0.15) is 0 Å². The monoisotopic (exact) mass is 249 g/mol. The van der Waals surface area contributed by atoms with E-state index in [1.807, 2.05) is 12.1 Å². The van der Waals surface area contributed by atoms with E-state index in [0.29, 0.717) is 17.8 Å². The van der Waals surface area contributed by atoms with Gasteiger partial charge in [-0.3, -0.25) is 10.6 Å². The second kappa shape index (κ2) is 5.84. The van der Waals surface area contributed by atoms with E-state index in [1.54, 1.807) is 17.0 Å². The third-order valence-corrected chi connectivity index (χ3v) is 3.38. The summed E-state index contributed by atoms with van der Waals surface area (Å²) in [4.78, 5) is 14.2. The summed E-state index contributed by atoms with van der Waals surface area (Å²) < 4.78 is 0. The summed E-state index contributed by atoms with van der Waals surface area (Å²) in [6.45, 7) is 1.50. The summed E-state index contributed by atoms with van der Waals surface area (Å²) in [5, 5.41) is 9.19. The lowest BCUT2D eigenvalue weighted by molar-refractivity contribution is 0.0621. The number of carbonyl (C=O) groups excluding carboxylic acids is 1. The smallest absolute Gasteiger partial charge is 0.256 e. The number of nitrogens with two attached hydrogens (primary N) is 1. The van der Waals surface area contributed by atoms with Gasteiger partial charge >= 0.3 is 0 Å². The first-order chi connectivity index (χ1) is 8.76. The van der Waals surface area contributed by atoms with Crippen molar-refractivity contribution < 1.29 is 9.90 Å². The molecule has 5 heteroatoms. The molecule has 1 atom stereocenters. The van der Waals surface area contributed by atoms with E-state index < -0.39 is 0 Å². The number of anilines is 1. The van der Waals surface area contributed by atoms with Crippen molar-refractivity contribution >= 4 is 11.6 Å². The minimum absolute atomic E-state index is 0.0262. The summed E-state index contributed by atoms with van der Waals surface area (Å²) in [6.07, 6.45) is 1.92. The van der Waals surface area contributed by atoms with E-state index in [9.17, 15) is 9.90 Å². The number of nitrogens with one attached hydrogen (secondary N) is 1. The first kappa shape index (κ1) is 12.9. The van der Waals surface area contributed by atoms with Crippen LogP contribution < -0.4 is 11.3 Å². The minimum Gasteiger partial charge on any atom is -0.396 e. The molecular formula is C13H19N3O2. The van der Waals surface area contributed by atoms with E-state index in [0.717, 1.165) is 19.4 Å². The number of amides is 1. The number of para-hydroxylation sites is 1. The normalized spacial score (nSPS) is 19.7. The lowest BCUT2D eigenvalue weighted by atomic mass is 9.98. The first-order valence-electron chi connectivity index (χ1n) is 6.22. The standard InChI is InChI=1S/C13H19N3O2/c14-15-12-6-2-1-5-11(12)13(18)16-7-3-4-10(8-16)9-17/h1-2,5-6,10,15,17H,3-4,7-9,14H2. The topological polar surface area (TPSA) is 78.6 Å². The van der Waals surface area contributed by atoms with E-state index in [4.69, 9.17) is 5.84 Å². The molecule has 0 aromatic heterocycles. The molecule has 1 aliphatic heterocycles. The van der Waals surface area contributed by atoms with Gasteiger partial charge in [-0.05, 0) is 30.9 Å². The van der Waals surface area contributed by atoms with E-state index >= 15 is 0 Å². The molecule has 0 bridgehead atoms. The number of hydrazine groups is 1. The summed E-state index contributed by atoms with van der Waals surface area (Å²) in [5.41, 5.74) is 3.76. The van der Waals surface area contributed by atoms with E-state index in [1.165, 1.54) is 0 Å². The number of piperidine rings is 1. The van der Waals surface area contributed by atoms with E-state index in [2.05, 4.69) is 5.43 Å². The fourth-order valence-corrected chi connectivity index (χ4v) is 2.36. The molecule has 1 amide bonds. The van der Waals surface area contributed by atoms with Crippen LogP contribution in [0, 0.1) is 5.92 Å². The number of aliphatic hydroxyl groups is 1. The van der Waals surface area contributed by atoms with Gasteiger partial charge in [0.15, 0.2) is 0 Å². The van der Waals surface area contributed by atoms with Crippen LogP contribution >= 0.6 is 0 Å². The van der Waals surface area contributed by atoms with Gasteiger partial charge in [0.2, 0.25) is 0 Å². The number of hydrogen-bond acceptors (Lipinski definition) is 4. The van der Waals surface area contributed by atoms with Gasteiger partial charge in [0, 0.05) is 19.7 Å². The third-order valence-electron chi connectivity index (χ3n) is 3.38. The molecule has 0 aliphatic carbocycles. The van der Waals surface area contributed by atoms with Gasteiger partial charge in [0.25, 0.3) is 5.91 Å². The Kier molecular flexibility index (Phi) is 4.17. The van der Waals surface area contributed by atoms with Crippen molar-refractivity contribution in [1.29, 1.82) is 0 Å². The number of nitrogens with zero attached hydrogens (tertiary/aromatic N) is 1. The quantitative estimate of drug-likeness (QED) is 0.547. The highest BCUT2D eigenvalue weighted by atomic mass is 16.3. The zero-order valence-electron chi connectivity index (χ0n) is 10.3. The van der Waals surface area contributed by atoms with Crippen molar-refractivity contribution in [1.82, 2.24) is 4.90 Å². The van der Waals surface area contributed by atoms with Crippen LogP contribution in [0.1, 0.15) is 23.2 Å². The van der Waals surface area contributed by atoms with Crippen LogP contribution in [0.4, 0.5) is 5.69 Å². The third kappa shape index (κ3) is 2.63. The molecule has 18 heavy (non-hydrogen) atoms. The van der Waals surface area contributed by atoms with Crippen LogP contribution in [-0.2, 0) is 0 Å².